The molecule has 120 valence electrons. The fourth-order valence-corrected chi connectivity index (χ4v) is 3.25. The van der Waals surface area contributed by atoms with Crippen molar-refractivity contribution in [2.45, 2.75) is 64.5 Å². The van der Waals surface area contributed by atoms with E-state index in [1.54, 1.807) is 0 Å². The Bertz CT molecular complexity index is 365. The molecule has 0 aliphatic carbocycles. The molecule has 0 radical (unpaired) electrons. The van der Waals surface area contributed by atoms with Gasteiger partial charge in [0.25, 0.3) is 0 Å². The molecule has 0 aromatic heterocycles. The maximum atomic E-state index is 12.7. The van der Waals surface area contributed by atoms with Crippen LogP contribution in [0.15, 0.2) is 0 Å². The number of hydrogen-bond donors (Lipinski definition) is 2. The Morgan fingerprint density at radius 3 is 2.81 bits per heavy atom. The number of piperidine rings is 2. The molecule has 0 aromatic carbocycles. The molecule has 5 nitrogen and oxygen atoms in total. The van der Waals surface area contributed by atoms with Gasteiger partial charge in [0.05, 0.1) is 0 Å². The Hall–Kier alpha value is -1.10. The topological polar surface area (TPSA) is 61.4 Å². The van der Waals surface area contributed by atoms with Gasteiger partial charge in [-0.05, 0) is 44.6 Å². The van der Waals surface area contributed by atoms with Crippen molar-refractivity contribution in [1.82, 2.24) is 15.5 Å². The standard InChI is InChI=1S/C16H29N3O2/c1-12(2)10-14(19-9-4-3-7-15(19)20)16(21)18-13-6-5-8-17-11-13/h12-14,17H,3-11H2,1-2H3,(H,18,21). The summed E-state index contributed by atoms with van der Waals surface area (Å²) in [6, 6.07) is -0.0828. The smallest absolute Gasteiger partial charge is 0.243 e. The molecule has 0 saturated carbocycles. The highest BCUT2D eigenvalue weighted by atomic mass is 16.2. The van der Waals surface area contributed by atoms with Gasteiger partial charge < -0.3 is 15.5 Å². The molecule has 2 heterocycles. The summed E-state index contributed by atoms with van der Waals surface area (Å²) in [5.74, 6) is 0.580. The molecule has 2 saturated heterocycles. The highest BCUT2D eigenvalue weighted by Gasteiger charge is 2.32. The van der Waals surface area contributed by atoms with Gasteiger partial charge in [0.1, 0.15) is 6.04 Å². The van der Waals surface area contributed by atoms with Crippen molar-refractivity contribution in [3.05, 3.63) is 0 Å². The zero-order chi connectivity index (χ0) is 15.2. The number of rotatable bonds is 5. The van der Waals surface area contributed by atoms with E-state index in [0.29, 0.717) is 12.3 Å². The molecular formula is C16H29N3O2. The molecule has 2 amide bonds. The first-order chi connectivity index (χ1) is 10.1. The molecule has 2 atom stereocenters. The van der Waals surface area contributed by atoms with Gasteiger partial charge in [-0.15, -0.1) is 0 Å². The highest BCUT2D eigenvalue weighted by molar-refractivity contribution is 5.88. The summed E-state index contributed by atoms with van der Waals surface area (Å²) in [5, 5.41) is 6.46. The van der Waals surface area contributed by atoms with Crippen molar-refractivity contribution < 1.29 is 9.59 Å². The summed E-state index contributed by atoms with van der Waals surface area (Å²) in [6.07, 6.45) is 5.44. The van der Waals surface area contributed by atoms with E-state index in [4.69, 9.17) is 0 Å². The second kappa shape index (κ2) is 7.78. The van der Waals surface area contributed by atoms with Crippen LogP contribution in [0, 0.1) is 5.92 Å². The fraction of sp³-hybridized carbons (Fsp3) is 0.875. The van der Waals surface area contributed by atoms with Crippen molar-refractivity contribution in [1.29, 1.82) is 0 Å². The minimum Gasteiger partial charge on any atom is -0.350 e. The van der Waals surface area contributed by atoms with Crippen LogP contribution in [-0.2, 0) is 9.59 Å². The monoisotopic (exact) mass is 295 g/mol. The van der Waals surface area contributed by atoms with E-state index in [-0.39, 0.29) is 23.9 Å². The number of carbonyl (C=O) groups excluding carboxylic acids is 2. The first-order valence-electron chi connectivity index (χ1n) is 8.38. The Kier molecular flexibility index (Phi) is 6.03. The lowest BCUT2D eigenvalue weighted by atomic mass is 9.98. The number of nitrogens with zero attached hydrogens (tertiary/aromatic N) is 1. The second-order valence-corrected chi connectivity index (χ2v) is 6.74. The molecule has 0 aromatic rings. The van der Waals surface area contributed by atoms with Crippen LogP contribution in [0.5, 0.6) is 0 Å². The Balaban J connectivity index is 1.99. The quantitative estimate of drug-likeness (QED) is 0.803. The Morgan fingerprint density at radius 1 is 1.38 bits per heavy atom. The molecule has 5 heteroatoms. The molecule has 2 unspecified atom stereocenters. The normalized spacial score (nSPS) is 25.0. The lowest BCUT2D eigenvalue weighted by Gasteiger charge is -2.36. The van der Waals surface area contributed by atoms with E-state index in [2.05, 4.69) is 24.5 Å². The number of likely N-dealkylation sites (tertiary alicyclic amines) is 1. The van der Waals surface area contributed by atoms with E-state index in [1.165, 1.54) is 0 Å². The van der Waals surface area contributed by atoms with E-state index >= 15 is 0 Å². The summed E-state index contributed by atoms with van der Waals surface area (Å²) in [7, 11) is 0. The van der Waals surface area contributed by atoms with Crippen LogP contribution in [-0.4, -0.2) is 48.4 Å². The van der Waals surface area contributed by atoms with Crippen molar-refractivity contribution in [2.75, 3.05) is 19.6 Å². The van der Waals surface area contributed by atoms with Crippen LogP contribution in [0.4, 0.5) is 0 Å². The van der Waals surface area contributed by atoms with Gasteiger partial charge in [-0.25, -0.2) is 0 Å². The van der Waals surface area contributed by atoms with Crippen molar-refractivity contribution in [3.63, 3.8) is 0 Å². The second-order valence-electron chi connectivity index (χ2n) is 6.74. The van der Waals surface area contributed by atoms with Gasteiger partial charge in [-0.1, -0.05) is 13.8 Å². The van der Waals surface area contributed by atoms with Crippen LogP contribution < -0.4 is 10.6 Å². The maximum Gasteiger partial charge on any atom is 0.243 e. The minimum absolute atomic E-state index is 0.0349. The van der Waals surface area contributed by atoms with E-state index < -0.39 is 0 Å². The number of carbonyl (C=O) groups is 2. The van der Waals surface area contributed by atoms with Crippen LogP contribution in [0.3, 0.4) is 0 Å². The zero-order valence-electron chi connectivity index (χ0n) is 13.4. The Morgan fingerprint density at radius 2 is 2.19 bits per heavy atom. The minimum atomic E-state index is -0.292. The molecule has 2 aliphatic heterocycles. The third-order valence-corrected chi connectivity index (χ3v) is 4.38. The fourth-order valence-electron chi connectivity index (χ4n) is 3.25. The molecule has 2 rings (SSSR count). The SMILES string of the molecule is CC(C)CC(C(=O)NC1CCCNC1)N1CCCCC1=O. The molecule has 2 fully saturated rings. The van der Waals surface area contributed by atoms with Gasteiger partial charge >= 0.3 is 0 Å². The predicted octanol–water partition coefficient (Wildman–Crippen LogP) is 1.28. The average molecular weight is 295 g/mol. The molecule has 0 spiro atoms. The first-order valence-corrected chi connectivity index (χ1v) is 8.38. The predicted molar refractivity (Wildman–Crippen MR) is 82.8 cm³/mol. The van der Waals surface area contributed by atoms with Crippen LogP contribution >= 0.6 is 0 Å². The van der Waals surface area contributed by atoms with Crippen molar-refractivity contribution >= 4 is 11.8 Å². The summed E-state index contributed by atoms with van der Waals surface area (Å²) in [5.41, 5.74) is 0. The average Bonchev–Trinajstić information content (AvgIpc) is 2.46. The lowest BCUT2D eigenvalue weighted by Crippen LogP contribution is -2.55. The summed E-state index contributed by atoms with van der Waals surface area (Å²) in [4.78, 5) is 26.6. The maximum absolute atomic E-state index is 12.7. The zero-order valence-corrected chi connectivity index (χ0v) is 13.4. The largest absolute Gasteiger partial charge is 0.350 e. The number of amides is 2. The molecule has 0 bridgehead atoms. The van der Waals surface area contributed by atoms with Crippen LogP contribution in [0.25, 0.3) is 0 Å². The van der Waals surface area contributed by atoms with Crippen LogP contribution in [0.1, 0.15) is 52.4 Å². The molecule has 2 aliphatic rings. The molecule has 21 heavy (non-hydrogen) atoms. The Labute approximate surface area is 127 Å². The van der Waals surface area contributed by atoms with Gasteiger partial charge in [0, 0.05) is 25.6 Å². The van der Waals surface area contributed by atoms with Gasteiger partial charge in [-0.3, -0.25) is 9.59 Å². The van der Waals surface area contributed by atoms with E-state index in [9.17, 15) is 9.59 Å². The number of nitrogens with one attached hydrogen (secondary N) is 2. The van der Waals surface area contributed by atoms with Gasteiger partial charge in [0.15, 0.2) is 0 Å². The van der Waals surface area contributed by atoms with Gasteiger partial charge in [-0.2, -0.15) is 0 Å². The van der Waals surface area contributed by atoms with E-state index in [0.717, 1.165) is 51.7 Å². The molecule has 2 N–H and O–H groups in total. The molecular weight excluding hydrogens is 266 g/mol. The van der Waals surface area contributed by atoms with Gasteiger partial charge in [0.2, 0.25) is 11.8 Å². The van der Waals surface area contributed by atoms with E-state index in [1.807, 2.05) is 4.90 Å². The third kappa shape index (κ3) is 4.70. The third-order valence-electron chi connectivity index (χ3n) is 4.38. The van der Waals surface area contributed by atoms with Crippen molar-refractivity contribution in [2.24, 2.45) is 5.92 Å². The highest BCUT2D eigenvalue weighted by Crippen LogP contribution is 2.19. The summed E-state index contributed by atoms with van der Waals surface area (Å²) < 4.78 is 0. The first kappa shape index (κ1) is 16.3. The van der Waals surface area contributed by atoms with Crippen molar-refractivity contribution in [3.8, 4) is 0 Å². The van der Waals surface area contributed by atoms with Crippen LogP contribution in [0.2, 0.25) is 0 Å². The summed E-state index contributed by atoms with van der Waals surface area (Å²) in [6.45, 7) is 6.82. The number of hydrogen-bond acceptors (Lipinski definition) is 3. The lowest BCUT2D eigenvalue weighted by molar-refractivity contribution is -0.143. The summed E-state index contributed by atoms with van der Waals surface area (Å²) >= 11 is 0.